The van der Waals surface area contributed by atoms with E-state index in [-0.39, 0.29) is 18.4 Å². The second-order valence-electron chi connectivity index (χ2n) is 3.30. The number of amides is 3. The van der Waals surface area contributed by atoms with E-state index in [1.54, 1.807) is 0 Å². The number of imide groups is 1. The summed E-state index contributed by atoms with van der Waals surface area (Å²) in [6.07, 6.45) is 0.824. The molecule has 1 heterocycles. The van der Waals surface area contributed by atoms with Crippen LogP contribution in [0.25, 0.3) is 0 Å². The number of carbonyl (C=O) groups excluding carboxylic acids is 3. The molecule has 0 radical (unpaired) electrons. The fourth-order valence-corrected chi connectivity index (χ4v) is 1.90. The molecule has 15 heavy (non-hydrogen) atoms. The molecule has 1 N–H and O–H groups in total. The van der Waals surface area contributed by atoms with Gasteiger partial charge in [-0.15, -0.1) is 0 Å². The Bertz CT molecular complexity index is 293. The van der Waals surface area contributed by atoms with Gasteiger partial charge in [0.05, 0.1) is 0 Å². The third-order valence-electron chi connectivity index (χ3n) is 2.27. The maximum Gasteiger partial charge on any atom is 0.249 e. The Morgan fingerprint density at radius 3 is 2.80 bits per heavy atom. The standard InChI is InChI=1S/C9H13BrN2O3/c1-2-6-9(15)11-7(13)5-12(6)8(14)3-4-10/h6H,2-5H2,1H3,(H,11,13,15). The van der Waals surface area contributed by atoms with Crippen LogP contribution >= 0.6 is 15.9 Å². The molecule has 0 aromatic heterocycles. The van der Waals surface area contributed by atoms with E-state index in [1.807, 2.05) is 6.92 Å². The molecule has 84 valence electrons. The first-order chi connectivity index (χ1) is 7.10. The number of nitrogens with one attached hydrogen (secondary N) is 1. The second-order valence-corrected chi connectivity index (χ2v) is 4.09. The van der Waals surface area contributed by atoms with Crippen LogP contribution in [-0.4, -0.2) is 40.5 Å². The number of hydrogen-bond acceptors (Lipinski definition) is 3. The summed E-state index contributed by atoms with van der Waals surface area (Å²) in [6.45, 7) is 1.80. The molecule has 1 atom stereocenters. The highest BCUT2D eigenvalue weighted by molar-refractivity contribution is 9.09. The van der Waals surface area contributed by atoms with Crippen molar-refractivity contribution in [1.82, 2.24) is 10.2 Å². The molecule has 3 amide bonds. The lowest BCUT2D eigenvalue weighted by molar-refractivity contribution is -0.149. The van der Waals surface area contributed by atoms with Crippen molar-refractivity contribution in [2.45, 2.75) is 25.8 Å². The normalized spacial score (nSPS) is 21.5. The van der Waals surface area contributed by atoms with Gasteiger partial charge in [-0.3, -0.25) is 19.7 Å². The minimum Gasteiger partial charge on any atom is -0.321 e. The number of alkyl halides is 1. The number of piperazine rings is 1. The monoisotopic (exact) mass is 276 g/mol. The minimum atomic E-state index is -0.505. The third kappa shape index (κ3) is 2.77. The maximum atomic E-state index is 11.6. The molecule has 1 saturated heterocycles. The molecule has 0 bridgehead atoms. The van der Waals surface area contributed by atoms with Crippen LogP contribution in [-0.2, 0) is 14.4 Å². The van der Waals surface area contributed by atoms with Gasteiger partial charge in [0, 0.05) is 11.8 Å². The van der Waals surface area contributed by atoms with E-state index in [0.29, 0.717) is 18.2 Å². The zero-order valence-electron chi connectivity index (χ0n) is 8.46. The largest absolute Gasteiger partial charge is 0.321 e. The van der Waals surface area contributed by atoms with Crippen molar-refractivity contribution in [3.63, 3.8) is 0 Å². The van der Waals surface area contributed by atoms with E-state index in [9.17, 15) is 14.4 Å². The summed E-state index contributed by atoms with van der Waals surface area (Å²) in [5.41, 5.74) is 0. The van der Waals surface area contributed by atoms with E-state index >= 15 is 0 Å². The lowest BCUT2D eigenvalue weighted by Crippen LogP contribution is -2.59. The number of nitrogens with zero attached hydrogens (tertiary/aromatic N) is 1. The van der Waals surface area contributed by atoms with Gasteiger partial charge in [0.15, 0.2) is 0 Å². The zero-order valence-corrected chi connectivity index (χ0v) is 10.0. The molecule has 0 spiro atoms. The molecule has 0 saturated carbocycles. The van der Waals surface area contributed by atoms with E-state index in [4.69, 9.17) is 0 Å². The Balaban J connectivity index is 2.77. The van der Waals surface area contributed by atoms with Crippen LogP contribution in [0.2, 0.25) is 0 Å². The van der Waals surface area contributed by atoms with Crippen LogP contribution in [0.5, 0.6) is 0 Å². The predicted octanol–water partition coefficient (Wildman–Crippen LogP) is 0.0350. The summed E-state index contributed by atoms with van der Waals surface area (Å²) < 4.78 is 0. The SMILES string of the molecule is CCC1C(=O)NC(=O)CN1C(=O)CCBr. The lowest BCUT2D eigenvalue weighted by atomic mass is 10.1. The molecular weight excluding hydrogens is 264 g/mol. The van der Waals surface area contributed by atoms with E-state index in [1.165, 1.54) is 4.90 Å². The van der Waals surface area contributed by atoms with Gasteiger partial charge in [0.2, 0.25) is 17.7 Å². The van der Waals surface area contributed by atoms with Gasteiger partial charge < -0.3 is 4.90 Å². The molecule has 1 aliphatic rings. The highest BCUT2D eigenvalue weighted by atomic mass is 79.9. The maximum absolute atomic E-state index is 11.6. The summed E-state index contributed by atoms with van der Waals surface area (Å²) in [5, 5.41) is 2.76. The summed E-state index contributed by atoms with van der Waals surface area (Å²) in [5.74, 6) is -0.953. The Labute approximate surface area is 96.3 Å². The van der Waals surface area contributed by atoms with Crippen molar-refractivity contribution < 1.29 is 14.4 Å². The van der Waals surface area contributed by atoms with Crippen molar-refractivity contribution in [2.24, 2.45) is 0 Å². The fourth-order valence-electron chi connectivity index (χ4n) is 1.56. The Morgan fingerprint density at radius 1 is 1.60 bits per heavy atom. The summed E-state index contributed by atoms with van der Waals surface area (Å²) in [4.78, 5) is 35.5. The van der Waals surface area contributed by atoms with E-state index in [0.717, 1.165) is 0 Å². The summed E-state index contributed by atoms with van der Waals surface area (Å²) >= 11 is 3.16. The number of hydrogen-bond donors (Lipinski definition) is 1. The van der Waals surface area contributed by atoms with E-state index in [2.05, 4.69) is 21.2 Å². The van der Waals surface area contributed by atoms with Crippen LogP contribution in [0, 0.1) is 0 Å². The molecule has 6 heteroatoms. The van der Waals surface area contributed by atoms with Crippen molar-refractivity contribution in [2.75, 3.05) is 11.9 Å². The first kappa shape index (κ1) is 12.2. The molecule has 1 rings (SSSR count). The van der Waals surface area contributed by atoms with Gasteiger partial charge in [0.1, 0.15) is 12.6 Å². The number of carbonyl (C=O) groups is 3. The second kappa shape index (κ2) is 5.25. The molecular formula is C9H13BrN2O3. The van der Waals surface area contributed by atoms with Crippen molar-refractivity contribution >= 4 is 33.7 Å². The topological polar surface area (TPSA) is 66.5 Å². The van der Waals surface area contributed by atoms with E-state index < -0.39 is 11.9 Å². The van der Waals surface area contributed by atoms with Gasteiger partial charge >= 0.3 is 0 Å². The highest BCUT2D eigenvalue weighted by Crippen LogP contribution is 2.11. The van der Waals surface area contributed by atoms with Crippen molar-refractivity contribution in [3.05, 3.63) is 0 Å². The molecule has 1 unspecified atom stereocenters. The third-order valence-corrected chi connectivity index (χ3v) is 2.67. The van der Waals surface area contributed by atoms with Gasteiger partial charge in [0.25, 0.3) is 0 Å². The van der Waals surface area contributed by atoms with Gasteiger partial charge in [-0.2, -0.15) is 0 Å². The van der Waals surface area contributed by atoms with Gasteiger partial charge in [-0.1, -0.05) is 22.9 Å². The van der Waals surface area contributed by atoms with Crippen molar-refractivity contribution in [1.29, 1.82) is 0 Å². The Hall–Kier alpha value is -0.910. The summed E-state index contributed by atoms with van der Waals surface area (Å²) in [6, 6.07) is -0.505. The number of halogens is 1. The van der Waals surface area contributed by atoms with Crippen molar-refractivity contribution in [3.8, 4) is 0 Å². The molecule has 5 nitrogen and oxygen atoms in total. The first-order valence-electron chi connectivity index (χ1n) is 4.79. The smallest absolute Gasteiger partial charge is 0.249 e. The van der Waals surface area contributed by atoms with Crippen LogP contribution < -0.4 is 5.32 Å². The number of rotatable bonds is 3. The van der Waals surface area contributed by atoms with Crippen LogP contribution in [0.1, 0.15) is 19.8 Å². The fraction of sp³-hybridized carbons (Fsp3) is 0.667. The minimum absolute atomic E-state index is 0.0178. The quantitative estimate of drug-likeness (QED) is 0.585. The summed E-state index contributed by atoms with van der Waals surface area (Å²) in [7, 11) is 0. The Kier molecular flexibility index (Phi) is 4.26. The predicted molar refractivity (Wildman–Crippen MR) is 57.4 cm³/mol. The van der Waals surface area contributed by atoms with Gasteiger partial charge in [-0.25, -0.2) is 0 Å². The molecule has 0 aliphatic carbocycles. The molecule has 0 aromatic rings. The van der Waals surface area contributed by atoms with Crippen LogP contribution in [0.4, 0.5) is 0 Å². The lowest BCUT2D eigenvalue weighted by Gasteiger charge is -2.33. The Morgan fingerprint density at radius 2 is 2.27 bits per heavy atom. The first-order valence-corrected chi connectivity index (χ1v) is 5.91. The highest BCUT2D eigenvalue weighted by Gasteiger charge is 2.34. The average Bonchev–Trinajstić information content (AvgIpc) is 2.17. The molecule has 1 aliphatic heterocycles. The zero-order chi connectivity index (χ0) is 11.4. The van der Waals surface area contributed by atoms with Crippen LogP contribution in [0.15, 0.2) is 0 Å². The molecule has 1 fully saturated rings. The molecule has 0 aromatic carbocycles. The van der Waals surface area contributed by atoms with Crippen LogP contribution in [0.3, 0.4) is 0 Å². The average molecular weight is 277 g/mol. The van der Waals surface area contributed by atoms with Gasteiger partial charge in [-0.05, 0) is 6.42 Å².